The topological polar surface area (TPSA) is 87.7 Å². The van der Waals surface area contributed by atoms with E-state index in [2.05, 4.69) is 10.6 Å². The summed E-state index contributed by atoms with van der Waals surface area (Å²) in [5, 5.41) is 15.9. The Bertz CT molecular complexity index is 685. The Hall–Kier alpha value is -2.76. The molecule has 3 N–H and O–H groups in total. The second-order valence-electron chi connectivity index (χ2n) is 4.74. The first-order valence-corrected chi connectivity index (χ1v) is 6.92. The number of aliphatic carboxylic acids is 1. The Morgan fingerprint density at radius 2 is 2.05 bits per heavy atom. The van der Waals surface area contributed by atoms with Crippen molar-refractivity contribution in [1.29, 1.82) is 0 Å². The van der Waals surface area contributed by atoms with Crippen molar-refractivity contribution >= 4 is 22.8 Å². The molecule has 0 fully saturated rings. The molecule has 0 heterocycles. The van der Waals surface area contributed by atoms with Crippen LogP contribution in [0.1, 0.15) is 5.56 Å². The third-order valence-corrected chi connectivity index (χ3v) is 3.21. The average Bonchev–Trinajstić information content (AvgIpc) is 2.52. The molecule has 0 saturated heterocycles. The van der Waals surface area contributed by atoms with Crippen molar-refractivity contribution in [3.05, 3.63) is 42.0 Å². The van der Waals surface area contributed by atoms with Crippen LogP contribution >= 0.6 is 0 Å². The standard InChI is InChI=1S/C16H18N2O4/c1-17-16(21)18-8-7-12-4-2-3-11-5-6-13(9-14(11)12)22-10-15(19)20/h2-6,9H,7-8,10H2,1H3,(H,19,20)(H2,17,18,21). The number of rotatable bonds is 6. The Labute approximate surface area is 128 Å². The summed E-state index contributed by atoms with van der Waals surface area (Å²) >= 11 is 0. The molecular weight excluding hydrogens is 284 g/mol. The number of hydrogen-bond donors (Lipinski definition) is 3. The molecule has 0 spiro atoms. The second-order valence-corrected chi connectivity index (χ2v) is 4.74. The zero-order valence-electron chi connectivity index (χ0n) is 12.3. The number of benzene rings is 2. The number of urea groups is 1. The Kier molecular flexibility index (Phi) is 5.19. The molecule has 0 aliphatic carbocycles. The van der Waals surface area contributed by atoms with Crippen molar-refractivity contribution < 1.29 is 19.4 Å². The van der Waals surface area contributed by atoms with Gasteiger partial charge in [-0.05, 0) is 34.9 Å². The monoisotopic (exact) mass is 302 g/mol. The summed E-state index contributed by atoms with van der Waals surface area (Å²) in [7, 11) is 1.57. The zero-order chi connectivity index (χ0) is 15.9. The van der Waals surface area contributed by atoms with Gasteiger partial charge in [0, 0.05) is 13.6 Å². The van der Waals surface area contributed by atoms with Gasteiger partial charge in [0.1, 0.15) is 5.75 Å². The number of carbonyl (C=O) groups excluding carboxylic acids is 1. The van der Waals surface area contributed by atoms with Gasteiger partial charge in [0.15, 0.2) is 6.61 Å². The van der Waals surface area contributed by atoms with E-state index in [4.69, 9.17) is 9.84 Å². The minimum absolute atomic E-state index is 0.217. The summed E-state index contributed by atoms with van der Waals surface area (Å²) in [6, 6.07) is 11.2. The molecule has 0 aliphatic rings. The number of carboxylic acid groups (broad SMARTS) is 1. The lowest BCUT2D eigenvalue weighted by Gasteiger charge is -2.10. The molecule has 116 valence electrons. The summed E-state index contributed by atoms with van der Waals surface area (Å²) in [6.45, 7) is 0.144. The van der Waals surface area contributed by atoms with Crippen molar-refractivity contribution in [1.82, 2.24) is 10.6 Å². The molecule has 0 atom stereocenters. The number of carbonyl (C=O) groups is 2. The highest BCUT2D eigenvalue weighted by atomic mass is 16.5. The van der Waals surface area contributed by atoms with Gasteiger partial charge >= 0.3 is 12.0 Å². The summed E-state index contributed by atoms with van der Waals surface area (Å²) in [5.41, 5.74) is 1.06. The van der Waals surface area contributed by atoms with E-state index in [0.29, 0.717) is 18.7 Å². The number of fused-ring (bicyclic) bond motifs is 1. The molecule has 0 radical (unpaired) electrons. The van der Waals surface area contributed by atoms with Crippen LogP contribution < -0.4 is 15.4 Å². The molecule has 2 amide bonds. The van der Waals surface area contributed by atoms with Crippen LogP contribution in [0, 0.1) is 0 Å². The van der Waals surface area contributed by atoms with Crippen molar-refractivity contribution in [3.63, 3.8) is 0 Å². The average molecular weight is 302 g/mol. The third-order valence-electron chi connectivity index (χ3n) is 3.21. The zero-order valence-corrected chi connectivity index (χ0v) is 12.3. The molecular formula is C16H18N2O4. The molecule has 0 saturated carbocycles. The fourth-order valence-corrected chi connectivity index (χ4v) is 2.17. The predicted octanol–water partition coefficient (Wildman–Crippen LogP) is 1.77. The Morgan fingerprint density at radius 3 is 2.77 bits per heavy atom. The van der Waals surface area contributed by atoms with Crippen molar-refractivity contribution in [2.24, 2.45) is 0 Å². The maximum absolute atomic E-state index is 11.2. The minimum Gasteiger partial charge on any atom is -0.482 e. The van der Waals surface area contributed by atoms with Crippen LogP contribution in [-0.2, 0) is 11.2 Å². The van der Waals surface area contributed by atoms with Gasteiger partial charge in [0.2, 0.25) is 0 Å². The lowest BCUT2D eigenvalue weighted by Crippen LogP contribution is -2.34. The van der Waals surface area contributed by atoms with Crippen LogP contribution in [-0.4, -0.2) is 37.3 Å². The van der Waals surface area contributed by atoms with Crippen LogP contribution in [0.3, 0.4) is 0 Å². The molecule has 6 heteroatoms. The van der Waals surface area contributed by atoms with Crippen LogP contribution in [0.15, 0.2) is 36.4 Å². The Balaban J connectivity index is 2.16. The Morgan fingerprint density at radius 1 is 1.23 bits per heavy atom. The maximum atomic E-state index is 11.2. The smallest absolute Gasteiger partial charge is 0.341 e. The van der Waals surface area contributed by atoms with Crippen LogP contribution in [0.2, 0.25) is 0 Å². The number of carboxylic acids is 1. The molecule has 0 aliphatic heterocycles. The molecule has 0 bridgehead atoms. The SMILES string of the molecule is CNC(=O)NCCc1cccc2ccc(OCC(=O)O)cc12. The first kappa shape index (κ1) is 15.6. The number of amides is 2. The molecule has 2 rings (SSSR count). The fraction of sp³-hybridized carbons (Fsp3) is 0.250. The first-order valence-electron chi connectivity index (χ1n) is 6.92. The van der Waals surface area contributed by atoms with E-state index in [0.717, 1.165) is 16.3 Å². The number of nitrogens with one attached hydrogen (secondary N) is 2. The van der Waals surface area contributed by atoms with Gasteiger partial charge in [-0.1, -0.05) is 24.3 Å². The third kappa shape index (κ3) is 4.12. The second kappa shape index (κ2) is 7.31. The summed E-state index contributed by atoms with van der Waals surface area (Å²) in [5.74, 6) is -0.496. The summed E-state index contributed by atoms with van der Waals surface area (Å²) in [4.78, 5) is 21.7. The van der Waals surface area contributed by atoms with Gasteiger partial charge in [-0.2, -0.15) is 0 Å². The molecule has 0 unspecified atom stereocenters. The molecule has 6 nitrogen and oxygen atoms in total. The minimum atomic E-state index is -1.01. The lowest BCUT2D eigenvalue weighted by molar-refractivity contribution is -0.139. The van der Waals surface area contributed by atoms with E-state index >= 15 is 0 Å². The van der Waals surface area contributed by atoms with Crippen LogP contribution in [0.4, 0.5) is 4.79 Å². The van der Waals surface area contributed by atoms with E-state index in [-0.39, 0.29) is 12.6 Å². The predicted molar refractivity (Wildman–Crippen MR) is 83.2 cm³/mol. The number of ether oxygens (including phenoxy) is 1. The van der Waals surface area contributed by atoms with Gasteiger partial charge in [-0.25, -0.2) is 9.59 Å². The molecule has 22 heavy (non-hydrogen) atoms. The van der Waals surface area contributed by atoms with Gasteiger partial charge in [0.05, 0.1) is 0 Å². The van der Waals surface area contributed by atoms with E-state index < -0.39 is 5.97 Å². The maximum Gasteiger partial charge on any atom is 0.341 e. The van der Waals surface area contributed by atoms with E-state index in [1.807, 2.05) is 30.3 Å². The normalized spacial score (nSPS) is 10.2. The van der Waals surface area contributed by atoms with Gasteiger partial charge in [-0.15, -0.1) is 0 Å². The van der Waals surface area contributed by atoms with Crippen molar-refractivity contribution in [2.75, 3.05) is 20.2 Å². The van der Waals surface area contributed by atoms with E-state index in [1.165, 1.54) is 0 Å². The largest absolute Gasteiger partial charge is 0.482 e. The van der Waals surface area contributed by atoms with Crippen LogP contribution in [0.25, 0.3) is 10.8 Å². The fourth-order valence-electron chi connectivity index (χ4n) is 2.17. The lowest BCUT2D eigenvalue weighted by atomic mass is 10.0. The van der Waals surface area contributed by atoms with E-state index in [1.54, 1.807) is 13.1 Å². The number of hydrogen-bond acceptors (Lipinski definition) is 3. The quantitative estimate of drug-likeness (QED) is 0.759. The van der Waals surface area contributed by atoms with Gasteiger partial charge < -0.3 is 20.5 Å². The highest BCUT2D eigenvalue weighted by Gasteiger charge is 2.05. The van der Waals surface area contributed by atoms with Gasteiger partial charge in [0.25, 0.3) is 0 Å². The highest BCUT2D eigenvalue weighted by Crippen LogP contribution is 2.24. The van der Waals surface area contributed by atoms with E-state index in [9.17, 15) is 9.59 Å². The molecule has 2 aromatic carbocycles. The summed E-state index contributed by atoms with van der Waals surface area (Å²) < 4.78 is 5.21. The summed E-state index contributed by atoms with van der Waals surface area (Å²) in [6.07, 6.45) is 0.674. The molecule has 0 aromatic heterocycles. The first-order chi connectivity index (χ1) is 10.6. The van der Waals surface area contributed by atoms with Crippen LogP contribution in [0.5, 0.6) is 5.75 Å². The van der Waals surface area contributed by atoms with Crippen molar-refractivity contribution in [3.8, 4) is 5.75 Å². The van der Waals surface area contributed by atoms with Gasteiger partial charge in [-0.3, -0.25) is 0 Å². The highest BCUT2D eigenvalue weighted by molar-refractivity contribution is 5.87. The molecule has 2 aromatic rings. The van der Waals surface area contributed by atoms with Crippen molar-refractivity contribution in [2.45, 2.75) is 6.42 Å².